The van der Waals surface area contributed by atoms with E-state index in [4.69, 9.17) is 4.74 Å². The third-order valence-electron chi connectivity index (χ3n) is 2.34. The maximum Gasteiger partial charge on any atom is 0.169 e. The summed E-state index contributed by atoms with van der Waals surface area (Å²) in [5, 5.41) is 0. The third-order valence-corrected chi connectivity index (χ3v) is 2.34. The SMILES string of the molecule is CCC(=O)COc1cccc(C)c1C. The van der Waals surface area contributed by atoms with Crippen LogP contribution in [0.4, 0.5) is 0 Å². The Morgan fingerprint density at radius 1 is 1.36 bits per heavy atom. The average Bonchev–Trinajstić information content (AvgIpc) is 2.20. The topological polar surface area (TPSA) is 26.3 Å². The van der Waals surface area contributed by atoms with Crippen LogP contribution in [0, 0.1) is 13.8 Å². The Labute approximate surface area is 84.9 Å². The maximum atomic E-state index is 11.1. The van der Waals surface area contributed by atoms with Gasteiger partial charge in [0.25, 0.3) is 0 Å². The van der Waals surface area contributed by atoms with E-state index in [2.05, 4.69) is 0 Å². The minimum Gasteiger partial charge on any atom is -0.486 e. The average molecular weight is 192 g/mol. The molecule has 76 valence electrons. The van der Waals surface area contributed by atoms with E-state index in [1.54, 1.807) is 0 Å². The predicted octanol–water partition coefficient (Wildman–Crippen LogP) is 2.66. The van der Waals surface area contributed by atoms with E-state index >= 15 is 0 Å². The minimum absolute atomic E-state index is 0.130. The summed E-state index contributed by atoms with van der Waals surface area (Å²) in [4.78, 5) is 11.1. The first-order valence-electron chi connectivity index (χ1n) is 4.86. The normalized spacial score (nSPS) is 9.93. The van der Waals surface area contributed by atoms with E-state index in [9.17, 15) is 4.79 Å². The number of benzene rings is 1. The molecular formula is C12H16O2. The Balaban J connectivity index is 2.68. The van der Waals surface area contributed by atoms with Gasteiger partial charge in [-0.05, 0) is 31.0 Å². The van der Waals surface area contributed by atoms with Crippen LogP contribution in [-0.4, -0.2) is 12.4 Å². The Morgan fingerprint density at radius 2 is 2.07 bits per heavy atom. The molecule has 0 saturated heterocycles. The van der Waals surface area contributed by atoms with Gasteiger partial charge in [0.15, 0.2) is 5.78 Å². The second-order valence-corrected chi connectivity index (χ2v) is 3.38. The maximum absolute atomic E-state index is 11.1. The molecule has 0 saturated carbocycles. The molecule has 1 aromatic rings. The fourth-order valence-corrected chi connectivity index (χ4v) is 1.14. The summed E-state index contributed by atoms with van der Waals surface area (Å²) in [5.41, 5.74) is 2.29. The van der Waals surface area contributed by atoms with E-state index in [1.165, 1.54) is 5.56 Å². The number of rotatable bonds is 4. The first kappa shape index (κ1) is 10.8. The van der Waals surface area contributed by atoms with Crippen LogP contribution < -0.4 is 4.74 Å². The number of aryl methyl sites for hydroxylation is 1. The molecule has 0 atom stereocenters. The van der Waals surface area contributed by atoms with Crippen molar-refractivity contribution in [3.8, 4) is 5.75 Å². The molecule has 0 amide bonds. The molecule has 0 fully saturated rings. The monoisotopic (exact) mass is 192 g/mol. The second kappa shape index (κ2) is 4.80. The zero-order valence-electron chi connectivity index (χ0n) is 8.96. The standard InChI is InChI=1S/C12H16O2/c1-4-11(13)8-14-12-7-5-6-9(2)10(12)3/h5-7H,4,8H2,1-3H3. The highest BCUT2D eigenvalue weighted by atomic mass is 16.5. The van der Waals surface area contributed by atoms with E-state index in [0.29, 0.717) is 6.42 Å². The second-order valence-electron chi connectivity index (χ2n) is 3.38. The summed E-state index contributed by atoms with van der Waals surface area (Å²) in [5.74, 6) is 0.942. The summed E-state index contributed by atoms with van der Waals surface area (Å²) >= 11 is 0. The van der Waals surface area contributed by atoms with E-state index < -0.39 is 0 Å². The van der Waals surface area contributed by atoms with Gasteiger partial charge in [0.05, 0.1) is 0 Å². The lowest BCUT2D eigenvalue weighted by Gasteiger charge is -2.09. The number of carbonyl (C=O) groups excluding carboxylic acids is 1. The number of hydrogen-bond acceptors (Lipinski definition) is 2. The minimum atomic E-state index is 0.130. The van der Waals surface area contributed by atoms with Gasteiger partial charge in [0, 0.05) is 6.42 Å². The summed E-state index contributed by atoms with van der Waals surface area (Å²) in [6, 6.07) is 5.86. The van der Waals surface area contributed by atoms with Crippen molar-refractivity contribution in [3.63, 3.8) is 0 Å². The molecule has 2 nitrogen and oxygen atoms in total. The van der Waals surface area contributed by atoms with Crippen molar-refractivity contribution in [1.82, 2.24) is 0 Å². The first-order valence-corrected chi connectivity index (χ1v) is 4.86. The molecule has 0 spiro atoms. The largest absolute Gasteiger partial charge is 0.486 e. The predicted molar refractivity (Wildman–Crippen MR) is 56.7 cm³/mol. The fourth-order valence-electron chi connectivity index (χ4n) is 1.14. The van der Waals surface area contributed by atoms with Crippen LogP contribution in [0.2, 0.25) is 0 Å². The van der Waals surface area contributed by atoms with Crippen LogP contribution in [0.25, 0.3) is 0 Å². The van der Waals surface area contributed by atoms with Crippen LogP contribution >= 0.6 is 0 Å². The van der Waals surface area contributed by atoms with E-state index in [1.807, 2.05) is 39.0 Å². The molecule has 0 radical (unpaired) electrons. The fraction of sp³-hybridized carbons (Fsp3) is 0.417. The summed E-state index contributed by atoms with van der Waals surface area (Å²) in [6.07, 6.45) is 0.533. The highest BCUT2D eigenvalue weighted by molar-refractivity contribution is 5.79. The number of ketones is 1. The highest BCUT2D eigenvalue weighted by Gasteiger charge is 2.03. The van der Waals surface area contributed by atoms with Crippen molar-refractivity contribution in [2.75, 3.05) is 6.61 Å². The molecule has 1 aromatic carbocycles. The van der Waals surface area contributed by atoms with Crippen LogP contribution in [0.3, 0.4) is 0 Å². The Bertz CT molecular complexity index is 329. The summed E-state index contributed by atoms with van der Waals surface area (Å²) < 4.78 is 5.42. The molecule has 0 heterocycles. The van der Waals surface area contributed by atoms with Gasteiger partial charge in [-0.15, -0.1) is 0 Å². The van der Waals surface area contributed by atoms with E-state index in [0.717, 1.165) is 11.3 Å². The summed E-state index contributed by atoms with van der Waals surface area (Å²) in [6.45, 7) is 6.06. The van der Waals surface area contributed by atoms with Gasteiger partial charge >= 0.3 is 0 Å². The van der Waals surface area contributed by atoms with Gasteiger partial charge in [-0.25, -0.2) is 0 Å². The van der Waals surface area contributed by atoms with Crippen molar-refractivity contribution >= 4 is 5.78 Å². The van der Waals surface area contributed by atoms with Gasteiger partial charge in [-0.1, -0.05) is 19.1 Å². The van der Waals surface area contributed by atoms with Crippen molar-refractivity contribution in [3.05, 3.63) is 29.3 Å². The first-order chi connectivity index (χ1) is 6.65. The van der Waals surface area contributed by atoms with Crippen LogP contribution in [0.15, 0.2) is 18.2 Å². The smallest absolute Gasteiger partial charge is 0.169 e. The molecule has 0 unspecified atom stereocenters. The van der Waals surface area contributed by atoms with Crippen molar-refractivity contribution in [2.45, 2.75) is 27.2 Å². The van der Waals surface area contributed by atoms with Crippen LogP contribution in [0.1, 0.15) is 24.5 Å². The molecule has 0 aromatic heterocycles. The van der Waals surface area contributed by atoms with Gasteiger partial charge in [-0.2, -0.15) is 0 Å². The van der Waals surface area contributed by atoms with Crippen molar-refractivity contribution < 1.29 is 9.53 Å². The van der Waals surface area contributed by atoms with Gasteiger partial charge in [-0.3, -0.25) is 4.79 Å². The Morgan fingerprint density at radius 3 is 2.71 bits per heavy atom. The van der Waals surface area contributed by atoms with Gasteiger partial charge in [0.2, 0.25) is 0 Å². The van der Waals surface area contributed by atoms with Crippen molar-refractivity contribution in [2.24, 2.45) is 0 Å². The number of ether oxygens (including phenoxy) is 1. The Kier molecular flexibility index (Phi) is 3.69. The highest BCUT2D eigenvalue weighted by Crippen LogP contribution is 2.20. The van der Waals surface area contributed by atoms with Gasteiger partial charge in [0.1, 0.15) is 12.4 Å². The van der Waals surface area contributed by atoms with Crippen LogP contribution in [-0.2, 0) is 4.79 Å². The quantitative estimate of drug-likeness (QED) is 0.733. The zero-order chi connectivity index (χ0) is 10.6. The van der Waals surface area contributed by atoms with Gasteiger partial charge < -0.3 is 4.74 Å². The summed E-state index contributed by atoms with van der Waals surface area (Å²) in [7, 11) is 0. The van der Waals surface area contributed by atoms with Crippen molar-refractivity contribution in [1.29, 1.82) is 0 Å². The Hall–Kier alpha value is -1.31. The number of Topliss-reactive ketones (excluding diaryl/α,β-unsaturated/α-hetero) is 1. The van der Waals surface area contributed by atoms with E-state index in [-0.39, 0.29) is 12.4 Å². The molecule has 2 heteroatoms. The zero-order valence-corrected chi connectivity index (χ0v) is 8.96. The third kappa shape index (κ3) is 2.59. The molecular weight excluding hydrogens is 176 g/mol. The molecule has 1 rings (SSSR count). The lowest BCUT2D eigenvalue weighted by molar-refractivity contribution is -0.120. The number of carbonyl (C=O) groups is 1. The van der Waals surface area contributed by atoms with Crippen LogP contribution in [0.5, 0.6) is 5.75 Å². The molecule has 0 aliphatic heterocycles. The lowest BCUT2D eigenvalue weighted by atomic mass is 10.1. The molecule has 0 aliphatic rings. The molecule has 0 aliphatic carbocycles. The number of hydrogen-bond donors (Lipinski definition) is 0. The molecule has 0 bridgehead atoms. The molecule has 0 N–H and O–H groups in total. The molecule has 14 heavy (non-hydrogen) atoms. The lowest BCUT2D eigenvalue weighted by Crippen LogP contribution is -2.10.